The number of aromatic nitrogens is 2. The average Bonchev–Trinajstić information content (AvgIpc) is 2.77. The van der Waals surface area contributed by atoms with E-state index in [9.17, 15) is 4.79 Å². The van der Waals surface area contributed by atoms with Crippen LogP contribution in [0.4, 0.5) is 5.82 Å². The molecule has 0 saturated heterocycles. The van der Waals surface area contributed by atoms with Gasteiger partial charge in [-0.15, -0.1) is 0 Å². The SMILES string of the molecule is CCCCCCCCCC(=O)Nc1nn(C)cc1CN. The molecule has 1 heterocycles. The Hall–Kier alpha value is -1.36. The van der Waals surface area contributed by atoms with Crippen LogP contribution in [-0.2, 0) is 18.4 Å². The summed E-state index contributed by atoms with van der Waals surface area (Å²) in [5.41, 5.74) is 6.49. The monoisotopic (exact) mass is 280 g/mol. The molecule has 1 rings (SSSR count). The Kier molecular flexibility index (Phi) is 7.95. The summed E-state index contributed by atoms with van der Waals surface area (Å²) in [6.07, 6.45) is 10.9. The summed E-state index contributed by atoms with van der Waals surface area (Å²) in [4.78, 5) is 11.8. The highest BCUT2D eigenvalue weighted by molar-refractivity contribution is 5.90. The molecule has 1 aromatic heterocycles. The summed E-state index contributed by atoms with van der Waals surface area (Å²) in [5, 5.41) is 7.05. The Bertz CT molecular complexity index is 401. The van der Waals surface area contributed by atoms with E-state index in [1.54, 1.807) is 4.68 Å². The molecule has 0 unspecified atom stereocenters. The molecule has 0 aromatic carbocycles. The van der Waals surface area contributed by atoms with E-state index in [2.05, 4.69) is 17.3 Å². The van der Waals surface area contributed by atoms with Crippen molar-refractivity contribution in [3.63, 3.8) is 0 Å². The second-order valence-corrected chi connectivity index (χ2v) is 5.30. The van der Waals surface area contributed by atoms with Crippen molar-refractivity contribution in [2.45, 2.75) is 64.8 Å². The van der Waals surface area contributed by atoms with Gasteiger partial charge in [0.15, 0.2) is 5.82 Å². The topological polar surface area (TPSA) is 72.9 Å². The number of hydrogen-bond acceptors (Lipinski definition) is 3. The minimum atomic E-state index is 0.0342. The van der Waals surface area contributed by atoms with Crippen LogP contribution in [0.15, 0.2) is 6.20 Å². The van der Waals surface area contributed by atoms with Gasteiger partial charge in [-0.1, -0.05) is 45.4 Å². The van der Waals surface area contributed by atoms with Crippen molar-refractivity contribution < 1.29 is 4.79 Å². The predicted octanol–water partition coefficient (Wildman–Crippen LogP) is 2.96. The number of unbranched alkanes of at least 4 members (excludes halogenated alkanes) is 6. The highest BCUT2D eigenvalue weighted by Gasteiger charge is 2.09. The molecule has 0 atom stereocenters. The van der Waals surface area contributed by atoms with Gasteiger partial charge in [0.2, 0.25) is 5.91 Å². The highest BCUT2D eigenvalue weighted by atomic mass is 16.1. The Morgan fingerprint density at radius 3 is 2.55 bits per heavy atom. The van der Waals surface area contributed by atoms with Crippen LogP contribution < -0.4 is 11.1 Å². The number of carbonyl (C=O) groups excluding carboxylic acids is 1. The molecule has 0 bridgehead atoms. The molecule has 114 valence electrons. The summed E-state index contributed by atoms with van der Waals surface area (Å²) < 4.78 is 1.67. The first-order chi connectivity index (χ1) is 9.67. The minimum absolute atomic E-state index is 0.0342. The number of rotatable bonds is 10. The molecule has 0 fully saturated rings. The Balaban J connectivity index is 2.17. The van der Waals surface area contributed by atoms with Gasteiger partial charge in [-0.2, -0.15) is 5.10 Å². The predicted molar refractivity (Wildman–Crippen MR) is 82.3 cm³/mol. The van der Waals surface area contributed by atoms with Gasteiger partial charge in [-0.3, -0.25) is 9.48 Å². The Morgan fingerprint density at radius 1 is 1.25 bits per heavy atom. The molecule has 0 saturated carbocycles. The molecule has 5 nitrogen and oxygen atoms in total. The van der Waals surface area contributed by atoms with Gasteiger partial charge in [0.05, 0.1) is 0 Å². The number of hydrogen-bond donors (Lipinski definition) is 2. The summed E-state index contributed by atoms with van der Waals surface area (Å²) >= 11 is 0. The second-order valence-electron chi connectivity index (χ2n) is 5.30. The number of nitrogens with zero attached hydrogens (tertiary/aromatic N) is 2. The van der Waals surface area contributed by atoms with E-state index < -0.39 is 0 Å². The van der Waals surface area contributed by atoms with Crippen LogP contribution in [0.2, 0.25) is 0 Å². The van der Waals surface area contributed by atoms with Crippen LogP contribution in [0.5, 0.6) is 0 Å². The van der Waals surface area contributed by atoms with Gasteiger partial charge in [-0.25, -0.2) is 0 Å². The summed E-state index contributed by atoms with van der Waals surface area (Å²) in [6, 6.07) is 0. The fraction of sp³-hybridized carbons (Fsp3) is 0.733. The average molecular weight is 280 g/mol. The molecule has 3 N–H and O–H groups in total. The minimum Gasteiger partial charge on any atom is -0.326 e. The van der Waals surface area contributed by atoms with Crippen LogP contribution in [0.25, 0.3) is 0 Å². The van der Waals surface area contributed by atoms with E-state index >= 15 is 0 Å². The molecule has 0 radical (unpaired) electrons. The van der Waals surface area contributed by atoms with Crippen LogP contribution >= 0.6 is 0 Å². The number of nitrogens with two attached hydrogens (primary N) is 1. The van der Waals surface area contributed by atoms with E-state index in [0.717, 1.165) is 18.4 Å². The summed E-state index contributed by atoms with van der Waals surface area (Å²) in [5.74, 6) is 0.634. The zero-order valence-corrected chi connectivity index (χ0v) is 12.8. The van der Waals surface area contributed by atoms with Gasteiger partial charge in [0.25, 0.3) is 0 Å². The fourth-order valence-electron chi connectivity index (χ4n) is 2.23. The number of amides is 1. The fourth-order valence-corrected chi connectivity index (χ4v) is 2.23. The zero-order chi connectivity index (χ0) is 14.8. The molecular formula is C15H28N4O. The standard InChI is InChI=1S/C15H28N4O/c1-3-4-5-6-7-8-9-10-14(20)17-15-13(11-16)12-19(2)18-15/h12H,3-11,16H2,1-2H3,(H,17,18,20). The van der Waals surface area contributed by atoms with Crippen LogP contribution in [0.3, 0.4) is 0 Å². The van der Waals surface area contributed by atoms with Crippen molar-refractivity contribution in [3.8, 4) is 0 Å². The quantitative estimate of drug-likeness (QED) is 0.647. The molecule has 0 aliphatic heterocycles. The summed E-state index contributed by atoms with van der Waals surface area (Å²) in [7, 11) is 1.82. The number of nitrogens with one attached hydrogen (secondary N) is 1. The van der Waals surface area contributed by atoms with Crippen molar-refractivity contribution >= 4 is 11.7 Å². The lowest BCUT2D eigenvalue weighted by atomic mass is 10.1. The maximum Gasteiger partial charge on any atom is 0.225 e. The van der Waals surface area contributed by atoms with E-state index in [0.29, 0.717) is 18.8 Å². The molecule has 0 aliphatic carbocycles. The number of carbonyl (C=O) groups is 1. The normalized spacial score (nSPS) is 10.8. The lowest BCUT2D eigenvalue weighted by Crippen LogP contribution is -2.13. The Morgan fingerprint density at radius 2 is 1.90 bits per heavy atom. The lowest BCUT2D eigenvalue weighted by molar-refractivity contribution is -0.116. The van der Waals surface area contributed by atoms with E-state index in [4.69, 9.17) is 5.73 Å². The molecule has 1 amide bonds. The molecule has 0 spiro atoms. The smallest absolute Gasteiger partial charge is 0.225 e. The first-order valence-electron chi connectivity index (χ1n) is 7.69. The first kappa shape index (κ1) is 16.7. The third-order valence-electron chi connectivity index (χ3n) is 3.39. The highest BCUT2D eigenvalue weighted by Crippen LogP contribution is 2.13. The van der Waals surface area contributed by atoms with Gasteiger partial charge in [0, 0.05) is 31.8 Å². The van der Waals surface area contributed by atoms with Gasteiger partial charge in [0.1, 0.15) is 0 Å². The van der Waals surface area contributed by atoms with Gasteiger partial charge < -0.3 is 11.1 Å². The summed E-state index contributed by atoms with van der Waals surface area (Å²) in [6.45, 7) is 2.61. The molecule has 0 aliphatic rings. The number of anilines is 1. The van der Waals surface area contributed by atoms with E-state index in [1.165, 1.54) is 32.1 Å². The first-order valence-corrected chi connectivity index (χ1v) is 7.69. The van der Waals surface area contributed by atoms with Gasteiger partial charge >= 0.3 is 0 Å². The lowest BCUT2D eigenvalue weighted by Gasteiger charge is -2.04. The van der Waals surface area contributed by atoms with Crippen molar-refractivity contribution in [3.05, 3.63) is 11.8 Å². The largest absolute Gasteiger partial charge is 0.326 e. The van der Waals surface area contributed by atoms with Crippen molar-refractivity contribution in [2.75, 3.05) is 5.32 Å². The molecule has 1 aromatic rings. The second kappa shape index (κ2) is 9.53. The van der Waals surface area contributed by atoms with Crippen molar-refractivity contribution in [1.29, 1.82) is 0 Å². The maximum atomic E-state index is 11.8. The van der Waals surface area contributed by atoms with Crippen molar-refractivity contribution in [2.24, 2.45) is 12.8 Å². The van der Waals surface area contributed by atoms with Crippen LogP contribution in [-0.4, -0.2) is 15.7 Å². The molecular weight excluding hydrogens is 252 g/mol. The van der Waals surface area contributed by atoms with Crippen LogP contribution in [0, 0.1) is 0 Å². The van der Waals surface area contributed by atoms with Gasteiger partial charge in [-0.05, 0) is 6.42 Å². The third-order valence-corrected chi connectivity index (χ3v) is 3.39. The molecule has 5 heteroatoms. The zero-order valence-electron chi connectivity index (χ0n) is 12.8. The third kappa shape index (κ3) is 6.19. The Labute approximate surface area is 121 Å². The van der Waals surface area contributed by atoms with E-state index in [-0.39, 0.29) is 5.91 Å². The number of aryl methyl sites for hydroxylation is 1. The molecule has 20 heavy (non-hydrogen) atoms. The van der Waals surface area contributed by atoms with Crippen LogP contribution in [0.1, 0.15) is 63.9 Å². The maximum absolute atomic E-state index is 11.8. The van der Waals surface area contributed by atoms with Crippen molar-refractivity contribution in [1.82, 2.24) is 9.78 Å². The van der Waals surface area contributed by atoms with E-state index in [1.807, 2.05) is 13.2 Å².